The summed E-state index contributed by atoms with van der Waals surface area (Å²) in [6.07, 6.45) is 0.156. The third-order valence-electron chi connectivity index (χ3n) is 5.10. The predicted octanol–water partition coefficient (Wildman–Crippen LogP) is 2.94. The summed E-state index contributed by atoms with van der Waals surface area (Å²) in [4.78, 5) is 28.9. The van der Waals surface area contributed by atoms with Crippen LogP contribution in [0.1, 0.15) is 30.6 Å². The number of anilines is 1. The molecule has 0 saturated heterocycles. The first-order valence-corrected chi connectivity index (χ1v) is 10.1. The third kappa shape index (κ3) is 5.28. The number of nitrogens with zero attached hydrogens (tertiary/aromatic N) is 2. The maximum atomic E-state index is 12.6. The predicted molar refractivity (Wildman–Crippen MR) is 114 cm³/mol. The number of benzene rings is 2. The quantitative estimate of drug-likeness (QED) is 0.783. The zero-order chi connectivity index (χ0) is 20.8. The number of likely N-dealkylation sites (N-methyl/N-ethyl adjacent to an activating group) is 2. The van der Waals surface area contributed by atoms with Crippen molar-refractivity contribution in [2.75, 3.05) is 31.6 Å². The molecule has 0 spiro atoms. The van der Waals surface area contributed by atoms with E-state index in [9.17, 15) is 9.59 Å². The Morgan fingerprint density at radius 2 is 1.86 bits per heavy atom. The van der Waals surface area contributed by atoms with Crippen molar-refractivity contribution < 1.29 is 14.3 Å². The molecule has 29 heavy (non-hydrogen) atoms. The Bertz CT molecular complexity index is 840. The number of fused-ring (bicyclic) bond motifs is 1. The fourth-order valence-electron chi connectivity index (χ4n) is 3.55. The summed E-state index contributed by atoms with van der Waals surface area (Å²) in [7, 11) is 1.79. The lowest BCUT2D eigenvalue weighted by atomic mass is 10.1. The zero-order valence-electron chi connectivity index (χ0n) is 17.3. The highest BCUT2D eigenvalue weighted by Crippen LogP contribution is 2.32. The molecule has 154 valence electrons. The van der Waals surface area contributed by atoms with Gasteiger partial charge < -0.3 is 19.9 Å². The van der Waals surface area contributed by atoms with Gasteiger partial charge in [-0.3, -0.25) is 9.59 Å². The van der Waals surface area contributed by atoms with Gasteiger partial charge in [0, 0.05) is 31.6 Å². The molecule has 0 saturated carbocycles. The lowest BCUT2D eigenvalue weighted by Gasteiger charge is -2.37. The molecule has 0 aliphatic carbocycles. The van der Waals surface area contributed by atoms with Gasteiger partial charge in [0.2, 0.25) is 5.91 Å². The van der Waals surface area contributed by atoms with E-state index in [-0.39, 0.29) is 30.4 Å². The lowest BCUT2D eigenvalue weighted by molar-refractivity contribution is -0.131. The molecule has 0 radical (unpaired) electrons. The minimum atomic E-state index is -0.252. The monoisotopic (exact) mass is 395 g/mol. The fraction of sp³-hybridized carbons (Fsp3) is 0.391. The van der Waals surface area contributed by atoms with E-state index < -0.39 is 0 Å². The number of nitrogens with one attached hydrogen (secondary N) is 1. The molecule has 3 rings (SSSR count). The molecule has 6 nitrogen and oxygen atoms in total. The van der Waals surface area contributed by atoms with Gasteiger partial charge >= 0.3 is 0 Å². The average Bonchev–Trinajstić information content (AvgIpc) is 2.73. The first-order valence-electron chi connectivity index (χ1n) is 10.1. The molecule has 2 unspecified atom stereocenters. The average molecular weight is 396 g/mol. The van der Waals surface area contributed by atoms with Crippen molar-refractivity contribution in [3.05, 3.63) is 60.2 Å². The van der Waals surface area contributed by atoms with E-state index in [1.807, 2.05) is 43.3 Å². The number of rotatable bonds is 7. The topological polar surface area (TPSA) is 61.9 Å². The summed E-state index contributed by atoms with van der Waals surface area (Å²) in [5.74, 6) is 0.672. The van der Waals surface area contributed by atoms with E-state index in [1.54, 1.807) is 24.1 Å². The molecule has 2 amide bonds. The summed E-state index contributed by atoms with van der Waals surface area (Å²) in [6.45, 7) is 6.09. The van der Waals surface area contributed by atoms with Gasteiger partial charge in [-0.25, -0.2) is 0 Å². The van der Waals surface area contributed by atoms with Crippen LogP contribution in [0.5, 0.6) is 5.75 Å². The first kappa shape index (κ1) is 20.7. The van der Waals surface area contributed by atoms with Gasteiger partial charge in [-0.15, -0.1) is 0 Å². The highest BCUT2D eigenvalue weighted by Gasteiger charge is 2.27. The zero-order valence-corrected chi connectivity index (χ0v) is 17.3. The van der Waals surface area contributed by atoms with Crippen LogP contribution in [0.25, 0.3) is 0 Å². The SMILES string of the molecule is CCN1CC(CN(C)C(=O)CC(C)NC(=O)c2ccccc2)Oc2ccccc21. The molecule has 0 bridgehead atoms. The number of ether oxygens (including phenoxy) is 1. The molecule has 1 heterocycles. The number of amides is 2. The van der Waals surface area contributed by atoms with Crippen molar-refractivity contribution in [3.8, 4) is 5.75 Å². The molecule has 1 aliphatic rings. The summed E-state index contributed by atoms with van der Waals surface area (Å²) in [5.41, 5.74) is 1.69. The van der Waals surface area contributed by atoms with E-state index in [0.717, 1.165) is 24.5 Å². The first-order chi connectivity index (χ1) is 14.0. The van der Waals surface area contributed by atoms with E-state index in [1.165, 1.54) is 0 Å². The molecular weight excluding hydrogens is 366 g/mol. The van der Waals surface area contributed by atoms with Crippen molar-refractivity contribution in [1.29, 1.82) is 0 Å². The second kappa shape index (κ2) is 9.45. The number of hydrogen-bond donors (Lipinski definition) is 1. The number of hydrogen-bond acceptors (Lipinski definition) is 4. The minimum absolute atomic E-state index is 0.0173. The van der Waals surface area contributed by atoms with Crippen LogP contribution in [0, 0.1) is 0 Å². The van der Waals surface area contributed by atoms with Crippen LogP contribution < -0.4 is 15.0 Å². The van der Waals surface area contributed by atoms with Gasteiger partial charge in [0.15, 0.2) is 0 Å². The van der Waals surface area contributed by atoms with Crippen molar-refractivity contribution >= 4 is 17.5 Å². The fourth-order valence-corrected chi connectivity index (χ4v) is 3.55. The highest BCUT2D eigenvalue weighted by molar-refractivity contribution is 5.94. The Morgan fingerprint density at radius 1 is 1.17 bits per heavy atom. The summed E-state index contributed by atoms with van der Waals surface area (Å²) < 4.78 is 6.11. The van der Waals surface area contributed by atoms with Gasteiger partial charge in [0.25, 0.3) is 5.91 Å². The van der Waals surface area contributed by atoms with Crippen LogP contribution in [0.3, 0.4) is 0 Å². The van der Waals surface area contributed by atoms with E-state index in [0.29, 0.717) is 12.1 Å². The Hall–Kier alpha value is -3.02. The maximum Gasteiger partial charge on any atom is 0.251 e. The minimum Gasteiger partial charge on any atom is -0.485 e. The largest absolute Gasteiger partial charge is 0.485 e. The smallest absolute Gasteiger partial charge is 0.251 e. The Labute approximate surface area is 172 Å². The van der Waals surface area contributed by atoms with E-state index >= 15 is 0 Å². The van der Waals surface area contributed by atoms with Crippen molar-refractivity contribution in [1.82, 2.24) is 10.2 Å². The summed E-state index contributed by atoms with van der Waals surface area (Å²) in [6, 6.07) is 16.8. The van der Waals surface area contributed by atoms with Crippen LogP contribution in [-0.4, -0.2) is 55.5 Å². The summed E-state index contributed by atoms with van der Waals surface area (Å²) >= 11 is 0. The highest BCUT2D eigenvalue weighted by atomic mass is 16.5. The summed E-state index contributed by atoms with van der Waals surface area (Å²) in [5, 5.41) is 2.89. The molecule has 1 N–H and O–H groups in total. The normalized spacial score (nSPS) is 16.4. The lowest BCUT2D eigenvalue weighted by Crippen LogP contribution is -2.47. The van der Waals surface area contributed by atoms with Crippen LogP contribution in [-0.2, 0) is 4.79 Å². The van der Waals surface area contributed by atoms with E-state index in [4.69, 9.17) is 4.74 Å². The Morgan fingerprint density at radius 3 is 2.59 bits per heavy atom. The molecule has 2 aromatic carbocycles. The molecule has 0 fully saturated rings. The number of carbonyl (C=O) groups is 2. The molecule has 0 aromatic heterocycles. The van der Waals surface area contributed by atoms with Crippen LogP contribution in [0.4, 0.5) is 5.69 Å². The van der Waals surface area contributed by atoms with Crippen molar-refractivity contribution in [3.63, 3.8) is 0 Å². The molecule has 2 atom stereocenters. The standard InChI is InChI=1S/C23H29N3O3/c1-4-26-16-19(29-21-13-9-8-12-20(21)26)15-25(3)22(27)14-17(2)24-23(28)18-10-6-5-7-11-18/h5-13,17,19H,4,14-16H2,1-3H3,(H,24,28). The number of carbonyl (C=O) groups excluding carboxylic acids is 2. The van der Waals surface area contributed by atoms with Gasteiger partial charge in [-0.1, -0.05) is 30.3 Å². The van der Waals surface area contributed by atoms with Gasteiger partial charge in [0.05, 0.1) is 18.8 Å². The second-order valence-corrected chi connectivity index (χ2v) is 7.47. The third-order valence-corrected chi connectivity index (χ3v) is 5.10. The van der Waals surface area contributed by atoms with Crippen LogP contribution in [0.15, 0.2) is 54.6 Å². The van der Waals surface area contributed by atoms with Crippen molar-refractivity contribution in [2.24, 2.45) is 0 Å². The molecular formula is C23H29N3O3. The van der Waals surface area contributed by atoms with Gasteiger partial charge in [-0.05, 0) is 38.1 Å². The molecule has 1 aliphatic heterocycles. The van der Waals surface area contributed by atoms with Crippen LogP contribution in [0.2, 0.25) is 0 Å². The van der Waals surface area contributed by atoms with Crippen molar-refractivity contribution in [2.45, 2.75) is 32.4 Å². The molecule has 2 aromatic rings. The van der Waals surface area contributed by atoms with Crippen LogP contribution >= 0.6 is 0 Å². The Balaban J connectivity index is 1.52. The van der Waals surface area contributed by atoms with Gasteiger partial charge in [-0.2, -0.15) is 0 Å². The molecule has 6 heteroatoms. The van der Waals surface area contributed by atoms with E-state index in [2.05, 4.69) is 23.2 Å². The maximum absolute atomic E-state index is 12.6. The second-order valence-electron chi connectivity index (χ2n) is 7.47. The number of para-hydroxylation sites is 2. The Kier molecular flexibility index (Phi) is 6.75. The van der Waals surface area contributed by atoms with Gasteiger partial charge in [0.1, 0.15) is 11.9 Å².